The molecule has 2 N–H and O–H groups in total. The summed E-state index contributed by atoms with van der Waals surface area (Å²) in [4.78, 5) is 0. The highest BCUT2D eigenvalue weighted by molar-refractivity contribution is 7.99. The number of halogens is 1. The lowest BCUT2D eigenvalue weighted by atomic mass is 10.2. The summed E-state index contributed by atoms with van der Waals surface area (Å²) in [7, 11) is 0. The maximum atomic E-state index is 6.09. The zero-order chi connectivity index (χ0) is 12.3. The van der Waals surface area contributed by atoms with E-state index in [9.17, 15) is 0 Å². The van der Waals surface area contributed by atoms with E-state index >= 15 is 0 Å². The highest BCUT2D eigenvalue weighted by Gasteiger charge is 2.12. The Kier molecular flexibility index (Phi) is 4.37. The molecule has 0 fully saturated rings. The monoisotopic (exact) mass is 269 g/mol. The Morgan fingerprint density at radius 1 is 1.41 bits per heavy atom. The molecule has 0 aliphatic heterocycles. The van der Waals surface area contributed by atoms with Gasteiger partial charge in [-0.3, -0.25) is 0 Å². The van der Waals surface area contributed by atoms with E-state index in [0.29, 0.717) is 0 Å². The van der Waals surface area contributed by atoms with Crippen molar-refractivity contribution < 1.29 is 4.42 Å². The van der Waals surface area contributed by atoms with Crippen LogP contribution in [0.3, 0.4) is 0 Å². The minimum absolute atomic E-state index is 0.0438. The molecule has 1 heterocycles. The van der Waals surface area contributed by atoms with Crippen LogP contribution in [0.4, 0.5) is 0 Å². The lowest BCUT2D eigenvalue weighted by Crippen LogP contribution is -2.12. The van der Waals surface area contributed by atoms with Gasteiger partial charge in [-0.25, -0.2) is 0 Å². The van der Waals surface area contributed by atoms with E-state index in [4.69, 9.17) is 21.8 Å². The molecule has 2 nitrogen and oxygen atoms in total. The third-order valence-electron chi connectivity index (χ3n) is 2.51. The van der Waals surface area contributed by atoms with E-state index < -0.39 is 0 Å². The van der Waals surface area contributed by atoms with E-state index in [2.05, 4.69) is 6.92 Å². The molecular weight excluding hydrogens is 254 g/mol. The Morgan fingerprint density at radius 2 is 2.24 bits per heavy atom. The van der Waals surface area contributed by atoms with Crippen molar-refractivity contribution in [1.82, 2.24) is 0 Å². The molecule has 0 saturated carbocycles. The van der Waals surface area contributed by atoms with Crippen LogP contribution < -0.4 is 5.73 Å². The topological polar surface area (TPSA) is 39.2 Å². The second-order valence-corrected chi connectivity index (χ2v) is 5.60. The Hall–Kier alpha value is -0.640. The summed E-state index contributed by atoms with van der Waals surface area (Å²) in [5.74, 6) is 2.87. The zero-order valence-electron chi connectivity index (χ0n) is 9.78. The highest BCUT2D eigenvalue weighted by Crippen LogP contribution is 2.27. The van der Waals surface area contributed by atoms with E-state index in [1.165, 1.54) is 6.42 Å². The summed E-state index contributed by atoms with van der Waals surface area (Å²) in [5, 5.41) is 1.74. The van der Waals surface area contributed by atoms with Crippen molar-refractivity contribution in [2.45, 2.75) is 19.4 Å². The molecule has 0 saturated heterocycles. The number of nitrogens with two attached hydrogens (primary N) is 1. The van der Waals surface area contributed by atoms with Crippen molar-refractivity contribution in [2.24, 2.45) is 5.73 Å². The molecule has 92 valence electrons. The van der Waals surface area contributed by atoms with Gasteiger partial charge in [-0.1, -0.05) is 18.5 Å². The molecular formula is C13H16ClNOS. The predicted molar refractivity (Wildman–Crippen MR) is 75.8 cm³/mol. The summed E-state index contributed by atoms with van der Waals surface area (Å²) in [6.07, 6.45) is 1.17. The molecule has 2 aromatic rings. The van der Waals surface area contributed by atoms with E-state index in [1.54, 1.807) is 0 Å². The number of hydrogen-bond acceptors (Lipinski definition) is 3. The molecule has 2 rings (SSSR count). The van der Waals surface area contributed by atoms with Crippen molar-refractivity contribution in [3.8, 4) is 0 Å². The SMILES string of the molecule is CCCSCC(N)c1cc2cc(Cl)ccc2o1. The molecule has 1 unspecified atom stereocenters. The van der Waals surface area contributed by atoms with Crippen LogP contribution in [0, 0.1) is 0 Å². The molecule has 17 heavy (non-hydrogen) atoms. The molecule has 0 amide bonds. The summed E-state index contributed by atoms with van der Waals surface area (Å²) in [6, 6.07) is 7.55. The van der Waals surface area contributed by atoms with Gasteiger partial charge in [0.2, 0.25) is 0 Å². The first-order valence-corrected chi connectivity index (χ1v) is 7.26. The minimum atomic E-state index is -0.0438. The van der Waals surface area contributed by atoms with Gasteiger partial charge in [-0.2, -0.15) is 11.8 Å². The van der Waals surface area contributed by atoms with Gasteiger partial charge < -0.3 is 10.2 Å². The van der Waals surface area contributed by atoms with E-state index in [-0.39, 0.29) is 6.04 Å². The second-order valence-electron chi connectivity index (χ2n) is 4.01. The number of furan rings is 1. The Bertz CT molecular complexity index is 497. The van der Waals surface area contributed by atoms with Crippen LogP contribution in [0.15, 0.2) is 28.7 Å². The molecule has 0 spiro atoms. The van der Waals surface area contributed by atoms with E-state index in [1.807, 2.05) is 36.0 Å². The number of benzene rings is 1. The average molecular weight is 270 g/mol. The summed E-state index contributed by atoms with van der Waals surface area (Å²) in [6.45, 7) is 2.17. The molecule has 0 aliphatic carbocycles. The lowest BCUT2D eigenvalue weighted by molar-refractivity contribution is 0.516. The highest BCUT2D eigenvalue weighted by atomic mass is 35.5. The first-order valence-electron chi connectivity index (χ1n) is 5.73. The van der Waals surface area contributed by atoms with Crippen LogP contribution in [0.25, 0.3) is 11.0 Å². The Labute approximate surface area is 110 Å². The van der Waals surface area contributed by atoms with Crippen molar-refractivity contribution in [3.05, 3.63) is 35.0 Å². The van der Waals surface area contributed by atoms with Gasteiger partial charge in [-0.15, -0.1) is 0 Å². The summed E-state index contributed by atoms with van der Waals surface area (Å²) < 4.78 is 5.72. The molecule has 1 aromatic carbocycles. The molecule has 0 radical (unpaired) electrons. The minimum Gasteiger partial charge on any atom is -0.459 e. The average Bonchev–Trinajstić information content (AvgIpc) is 2.72. The normalized spacial score (nSPS) is 13.1. The lowest BCUT2D eigenvalue weighted by Gasteiger charge is -2.06. The van der Waals surface area contributed by atoms with Gasteiger partial charge in [0.1, 0.15) is 11.3 Å². The number of thioether (sulfide) groups is 1. The molecule has 1 atom stereocenters. The van der Waals surface area contributed by atoms with Gasteiger partial charge in [0.05, 0.1) is 6.04 Å². The summed E-state index contributed by atoms with van der Waals surface area (Å²) >= 11 is 7.79. The van der Waals surface area contributed by atoms with Crippen LogP contribution in [-0.2, 0) is 0 Å². The second kappa shape index (κ2) is 5.80. The molecule has 4 heteroatoms. The maximum absolute atomic E-state index is 6.09. The standard InChI is InChI=1S/C13H16ClNOS/c1-2-5-17-8-11(15)13-7-9-6-10(14)3-4-12(9)16-13/h3-4,6-7,11H,2,5,8,15H2,1H3. The predicted octanol–water partition coefficient (Wildman–Crippen LogP) is 4.23. The van der Waals surface area contributed by atoms with Crippen LogP contribution >= 0.6 is 23.4 Å². The molecule has 1 aromatic heterocycles. The van der Waals surface area contributed by atoms with Crippen molar-refractivity contribution >= 4 is 34.3 Å². The Morgan fingerprint density at radius 3 is 3.00 bits per heavy atom. The van der Waals surface area contributed by atoms with Crippen molar-refractivity contribution in [3.63, 3.8) is 0 Å². The van der Waals surface area contributed by atoms with Gasteiger partial charge in [-0.05, 0) is 36.4 Å². The van der Waals surface area contributed by atoms with Gasteiger partial charge in [0.15, 0.2) is 0 Å². The van der Waals surface area contributed by atoms with Gasteiger partial charge in [0.25, 0.3) is 0 Å². The third-order valence-corrected chi connectivity index (χ3v) is 4.04. The zero-order valence-corrected chi connectivity index (χ0v) is 11.4. The molecule has 0 bridgehead atoms. The van der Waals surface area contributed by atoms with Crippen LogP contribution in [0.5, 0.6) is 0 Å². The summed E-state index contributed by atoms with van der Waals surface area (Å²) in [5.41, 5.74) is 6.94. The fraction of sp³-hybridized carbons (Fsp3) is 0.385. The van der Waals surface area contributed by atoms with Crippen LogP contribution in [0.2, 0.25) is 5.02 Å². The first kappa shape index (κ1) is 12.8. The number of hydrogen-bond donors (Lipinski definition) is 1. The van der Waals surface area contributed by atoms with E-state index in [0.717, 1.165) is 33.3 Å². The van der Waals surface area contributed by atoms with Crippen molar-refractivity contribution in [1.29, 1.82) is 0 Å². The van der Waals surface area contributed by atoms with Gasteiger partial charge in [0, 0.05) is 16.2 Å². The number of rotatable bonds is 5. The fourth-order valence-corrected chi connectivity index (χ4v) is 2.71. The maximum Gasteiger partial charge on any atom is 0.134 e. The number of fused-ring (bicyclic) bond motifs is 1. The smallest absolute Gasteiger partial charge is 0.134 e. The van der Waals surface area contributed by atoms with Gasteiger partial charge >= 0.3 is 0 Å². The van der Waals surface area contributed by atoms with Crippen LogP contribution in [0.1, 0.15) is 25.1 Å². The largest absolute Gasteiger partial charge is 0.459 e. The third kappa shape index (κ3) is 3.18. The van der Waals surface area contributed by atoms with Crippen LogP contribution in [-0.4, -0.2) is 11.5 Å². The first-order chi connectivity index (χ1) is 8.20. The fourth-order valence-electron chi connectivity index (χ4n) is 1.65. The quantitative estimate of drug-likeness (QED) is 0.826. The molecule has 0 aliphatic rings. The van der Waals surface area contributed by atoms with Crippen molar-refractivity contribution in [2.75, 3.05) is 11.5 Å². The Balaban J connectivity index is 2.12.